The summed E-state index contributed by atoms with van der Waals surface area (Å²) < 4.78 is 10.8. The van der Waals surface area contributed by atoms with Crippen LogP contribution < -0.4 is 4.74 Å². The van der Waals surface area contributed by atoms with Gasteiger partial charge in [-0.2, -0.15) is 0 Å². The molecule has 0 aliphatic carbocycles. The molecule has 0 radical (unpaired) electrons. The van der Waals surface area contributed by atoms with Crippen LogP contribution in [0.15, 0.2) is 30.4 Å². The van der Waals surface area contributed by atoms with Gasteiger partial charge in [0.2, 0.25) is 0 Å². The molecule has 3 nitrogen and oxygen atoms in total. The molecule has 0 aromatic heterocycles. The van der Waals surface area contributed by atoms with E-state index in [4.69, 9.17) is 9.47 Å². The third-order valence-corrected chi connectivity index (χ3v) is 3.27. The smallest absolute Gasteiger partial charge is 0.336 e. The highest BCUT2D eigenvalue weighted by Gasteiger charge is 2.16. The molecule has 1 aromatic rings. The molecule has 0 fully saturated rings. The van der Waals surface area contributed by atoms with Crippen molar-refractivity contribution in [3.05, 3.63) is 41.5 Å². The van der Waals surface area contributed by atoms with E-state index in [-0.39, 0.29) is 6.61 Å². The molecule has 1 aromatic carbocycles. The van der Waals surface area contributed by atoms with Gasteiger partial charge in [0.15, 0.2) is 0 Å². The number of esters is 1. The van der Waals surface area contributed by atoms with E-state index in [1.165, 1.54) is 0 Å². The molecule has 3 heteroatoms. The summed E-state index contributed by atoms with van der Waals surface area (Å²) in [7, 11) is 0. The van der Waals surface area contributed by atoms with Gasteiger partial charge in [0.25, 0.3) is 0 Å². The van der Waals surface area contributed by atoms with Crippen LogP contribution in [0.4, 0.5) is 0 Å². The van der Waals surface area contributed by atoms with Gasteiger partial charge in [-0.3, -0.25) is 0 Å². The van der Waals surface area contributed by atoms with E-state index < -0.39 is 5.97 Å². The monoisotopic (exact) mass is 290 g/mol. The highest BCUT2D eigenvalue weighted by Crippen LogP contribution is 2.34. The largest absolute Gasteiger partial charge is 0.488 e. The number of hydrogen-bond donors (Lipinski definition) is 0. The number of carbonyl (C=O) groups is 1. The van der Waals surface area contributed by atoms with Crippen molar-refractivity contribution in [3.8, 4) is 5.75 Å². The Morgan fingerprint density at radius 2 is 1.67 bits per heavy atom. The van der Waals surface area contributed by atoms with Crippen LogP contribution in [-0.4, -0.2) is 19.2 Å². The molecule has 0 saturated carbocycles. The first-order chi connectivity index (χ1) is 9.88. The normalized spacial score (nSPS) is 10.8. The molecule has 0 aliphatic heterocycles. The van der Waals surface area contributed by atoms with Gasteiger partial charge < -0.3 is 9.47 Å². The minimum atomic E-state index is -0.398. The van der Waals surface area contributed by atoms with Crippen molar-refractivity contribution in [2.45, 2.75) is 46.5 Å². The molecule has 0 saturated heterocycles. The lowest BCUT2D eigenvalue weighted by molar-refractivity contribution is -0.138. The quantitative estimate of drug-likeness (QED) is 0.550. The first-order valence-corrected chi connectivity index (χ1v) is 7.48. The Hall–Kier alpha value is -1.77. The molecule has 116 valence electrons. The Balaban J connectivity index is 2.95. The van der Waals surface area contributed by atoms with Crippen molar-refractivity contribution in [3.63, 3.8) is 0 Å². The van der Waals surface area contributed by atoms with E-state index in [2.05, 4.69) is 52.5 Å². The zero-order valence-corrected chi connectivity index (χ0v) is 13.7. The summed E-state index contributed by atoms with van der Waals surface area (Å²) in [6, 6.07) is 6.19. The molecular formula is C18H26O3. The average molecular weight is 290 g/mol. The molecule has 0 atom stereocenters. The third-order valence-electron chi connectivity index (χ3n) is 3.27. The summed E-state index contributed by atoms with van der Waals surface area (Å²) in [6.45, 7) is 14.5. The van der Waals surface area contributed by atoms with Gasteiger partial charge in [-0.05, 0) is 29.9 Å². The molecule has 21 heavy (non-hydrogen) atoms. The number of ether oxygens (including phenoxy) is 2. The van der Waals surface area contributed by atoms with Crippen molar-refractivity contribution in [1.29, 1.82) is 0 Å². The van der Waals surface area contributed by atoms with Crippen molar-refractivity contribution in [1.82, 2.24) is 0 Å². The van der Waals surface area contributed by atoms with Crippen LogP contribution in [0, 0.1) is 0 Å². The highest BCUT2D eigenvalue weighted by atomic mass is 16.5. The maximum absolute atomic E-state index is 11.6. The van der Waals surface area contributed by atoms with Gasteiger partial charge in [0, 0.05) is 0 Å². The average Bonchev–Trinajstić information content (AvgIpc) is 2.44. The Morgan fingerprint density at radius 1 is 1.14 bits per heavy atom. The van der Waals surface area contributed by atoms with E-state index in [0.29, 0.717) is 24.0 Å². The lowest BCUT2D eigenvalue weighted by Crippen LogP contribution is -2.14. The zero-order chi connectivity index (χ0) is 16.0. The Kier molecular flexibility index (Phi) is 6.47. The summed E-state index contributed by atoms with van der Waals surface area (Å²) in [6.07, 6.45) is 0. The lowest BCUT2D eigenvalue weighted by Gasteiger charge is -2.20. The third kappa shape index (κ3) is 4.62. The Bertz CT molecular complexity index is 475. The second kappa shape index (κ2) is 7.87. The summed E-state index contributed by atoms with van der Waals surface area (Å²) in [5.74, 6) is 1.18. The van der Waals surface area contributed by atoms with Gasteiger partial charge in [-0.1, -0.05) is 52.5 Å². The minimum absolute atomic E-state index is 0.155. The molecule has 0 heterocycles. The van der Waals surface area contributed by atoms with E-state index in [9.17, 15) is 4.79 Å². The highest BCUT2D eigenvalue weighted by molar-refractivity contribution is 5.88. The second-order valence-electron chi connectivity index (χ2n) is 5.69. The Labute approximate surface area is 128 Å². The molecule has 0 unspecified atom stereocenters. The maximum atomic E-state index is 11.6. The van der Waals surface area contributed by atoms with E-state index in [1.807, 2.05) is 0 Å². The predicted molar refractivity (Wildman–Crippen MR) is 85.9 cm³/mol. The van der Waals surface area contributed by atoms with Crippen LogP contribution in [0.1, 0.15) is 57.6 Å². The van der Waals surface area contributed by atoms with E-state index in [0.717, 1.165) is 16.9 Å². The van der Waals surface area contributed by atoms with Gasteiger partial charge in [0.1, 0.15) is 12.4 Å². The lowest BCUT2D eigenvalue weighted by atomic mass is 9.94. The SMILES string of the molecule is C=C(COc1c(C(C)C)cccc1C(C)C)C(=O)OCC. The second-order valence-corrected chi connectivity index (χ2v) is 5.69. The molecule has 1 rings (SSSR count). The molecule has 0 amide bonds. The fraction of sp³-hybridized carbons (Fsp3) is 0.500. The van der Waals surface area contributed by atoms with Gasteiger partial charge in [-0.15, -0.1) is 0 Å². The number of carbonyl (C=O) groups excluding carboxylic acids is 1. The van der Waals surface area contributed by atoms with Crippen LogP contribution in [0.5, 0.6) is 5.75 Å². The van der Waals surface area contributed by atoms with Gasteiger partial charge in [0.05, 0.1) is 12.2 Å². The molecule has 0 aliphatic rings. The summed E-state index contributed by atoms with van der Waals surface area (Å²) in [5.41, 5.74) is 2.64. The van der Waals surface area contributed by atoms with Crippen molar-refractivity contribution in [2.24, 2.45) is 0 Å². The fourth-order valence-electron chi connectivity index (χ4n) is 2.10. The maximum Gasteiger partial charge on any atom is 0.336 e. The first-order valence-electron chi connectivity index (χ1n) is 7.48. The zero-order valence-electron chi connectivity index (χ0n) is 13.7. The van der Waals surface area contributed by atoms with Crippen LogP contribution in [-0.2, 0) is 9.53 Å². The number of hydrogen-bond acceptors (Lipinski definition) is 3. The molecular weight excluding hydrogens is 264 g/mol. The van der Waals surface area contributed by atoms with Gasteiger partial charge in [-0.25, -0.2) is 4.79 Å². The standard InChI is InChI=1S/C18H26O3/c1-7-20-18(19)14(6)11-21-17-15(12(2)3)9-8-10-16(17)13(4)5/h8-10,12-13H,6-7,11H2,1-5H3. The van der Waals surface area contributed by atoms with Crippen LogP contribution in [0.3, 0.4) is 0 Å². The molecule has 0 bridgehead atoms. The summed E-state index contributed by atoms with van der Waals surface area (Å²) in [4.78, 5) is 11.6. The van der Waals surface area contributed by atoms with Crippen molar-refractivity contribution in [2.75, 3.05) is 13.2 Å². The summed E-state index contributed by atoms with van der Waals surface area (Å²) >= 11 is 0. The number of benzene rings is 1. The summed E-state index contributed by atoms with van der Waals surface area (Å²) in [5, 5.41) is 0. The van der Waals surface area contributed by atoms with Crippen LogP contribution in [0.25, 0.3) is 0 Å². The number of rotatable bonds is 7. The van der Waals surface area contributed by atoms with Gasteiger partial charge >= 0.3 is 5.97 Å². The van der Waals surface area contributed by atoms with E-state index in [1.54, 1.807) is 6.92 Å². The fourth-order valence-corrected chi connectivity index (χ4v) is 2.10. The minimum Gasteiger partial charge on any atom is -0.488 e. The van der Waals surface area contributed by atoms with E-state index >= 15 is 0 Å². The van der Waals surface area contributed by atoms with Crippen molar-refractivity contribution < 1.29 is 14.3 Å². The Morgan fingerprint density at radius 3 is 2.10 bits per heavy atom. The number of para-hydroxylation sites is 1. The van der Waals surface area contributed by atoms with Crippen molar-refractivity contribution >= 4 is 5.97 Å². The first kappa shape index (κ1) is 17.3. The predicted octanol–water partition coefficient (Wildman–Crippen LogP) is 4.43. The molecule has 0 spiro atoms. The van der Waals surface area contributed by atoms with Crippen LogP contribution >= 0.6 is 0 Å². The molecule has 0 N–H and O–H groups in total. The topological polar surface area (TPSA) is 35.5 Å². The van der Waals surface area contributed by atoms with Crippen LogP contribution in [0.2, 0.25) is 0 Å².